The minimum absolute atomic E-state index is 0. The van der Waals surface area contributed by atoms with Crippen molar-refractivity contribution in [3.8, 4) is 11.5 Å². The Morgan fingerprint density at radius 1 is 1.31 bits per heavy atom. The minimum atomic E-state index is 0. The molecule has 7 nitrogen and oxygen atoms in total. The average Bonchev–Trinajstić information content (AvgIpc) is 3.13. The van der Waals surface area contributed by atoms with E-state index >= 15 is 0 Å². The first kappa shape index (κ1) is 22.3. The van der Waals surface area contributed by atoms with Gasteiger partial charge in [-0.1, -0.05) is 11.2 Å². The van der Waals surface area contributed by atoms with Crippen LogP contribution in [0.4, 0.5) is 0 Å². The normalized spacial score (nSPS) is 14.4. The summed E-state index contributed by atoms with van der Waals surface area (Å²) in [5.74, 6) is 1.63. The molecular formula is C17H25Cl2N5O2. The molecule has 2 aromatic heterocycles. The molecule has 1 aliphatic heterocycles. The fourth-order valence-corrected chi connectivity index (χ4v) is 2.95. The number of carbonyl (C=O) groups excluding carboxylic acids is 1. The van der Waals surface area contributed by atoms with Crippen LogP contribution in [-0.4, -0.2) is 52.6 Å². The number of piperidine rings is 1. The largest absolute Gasteiger partial charge is 0.343 e. The smallest absolute Gasteiger partial charge is 0.230 e. The second-order valence-corrected chi connectivity index (χ2v) is 6.03. The van der Waals surface area contributed by atoms with Gasteiger partial charge in [0.1, 0.15) is 5.69 Å². The van der Waals surface area contributed by atoms with Crippen LogP contribution in [0.25, 0.3) is 11.5 Å². The lowest BCUT2D eigenvalue weighted by molar-refractivity contribution is -0.132. The predicted molar refractivity (Wildman–Crippen MR) is 104 cm³/mol. The predicted octanol–water partition coefficient (Wildman–Crippen LogP) is 2.68. The summed E-state index contributed by atoms with van der Waals surface area (Å²) in [4.78, 5) is 22.8. The topological polar surface area (TPSA) is 84.2 Å². The SMILES string of the molecule is CNCCCC(=O)N1CCC(c2nc(-c3ccccn3)no2)CC1.Cl.Cl. The first-order valence-electron chi connectivity index (χ1n) is 8.45. The molecule has 1 N–H and O–H groups in total. The van der Waals surface area contributed by atoms with Gasteiger partial charge in [-0.25, -0.2) is 0 Å². The van der Waals surface area contributed by atoms with Crippen LogP contribution < -0.4 is 5.32 Å². The van der Waals surface area contributed by atoms with Gasteiger partial charge in [0.15, 0.2) is 0 Å². The molecule has 1 amide bonds. The molecule has 3 rings (SSSR count). The van der Waals surface area contributed by atoms with Crippen molar-refractivity contribution >= 4 is 30.7 Å². The summed E-state index contributed by atoms with van der Waals surface area (Å²) in [5, 5.41) is 7.10. The van der Waals surface area contributed by atoms with Crippen LogP contribution in [-0.2, 0) is 4.79 Å². The Morgan fingerprint density at radius 3 is 2.73 bits per heavy atom. The fraction of sp³-hybridized carbons (Fsp3) is 0.529. The molecule has 26 heavy (non-hydrogen) atoms. The van der Waals surface area contributed by atoms with Gasteiger partial charge in [-0.2, -0.15) is 4.98 Å². The molecule has 0 aliphatic carbocycles. The number of halogens is 2. The maximum atomic E-state index is 12.1. The van der Waals surface area contributed by atoms with Crippen molar-refractivity contribution in [1.82, 2.24) is 25.3 Å². The summed E-state index contributed by atoms with van der Waals surface area (Å²) in [6, 6.07) is 5.62. The van der Waals surface area contributed by atoms with Crippen LogP contribution >= 0.6 is 24.8 Å². The van der Waals surface area contributed by atoms with E-state index < -0.39 is 0 Å². The van der Waals surface area contributed by atoms with Gasteiger partial charge in [-0.05, 0) is 45.0 Å². The van der Waals surface area contributed by atoms with Crippen molar-refractivity contribution in [2.24, 2.45) is 0 Å². The van der Waals surface area contributed by atoms with Gasteiger partial charge >= 0.3 is 0 Å². The number of amides is 1. The number of nitrogens with zero attached hydrogens (tertiary/aromatic N) is 4. The first-order chi connectivity index (χ1) is 11.8. The van der Waals surface area contributed by atoms with Crippen LogP contribution in [0.1, 0.15) is 37.5 Å². The lowest BCUT2D eigenvalue weighted by atomic mass is 9.96. The monoisotopic (exact) mass is 401 g/mol. The first-order valence-corrected chi connectivity index (χ1v) is 8.45. The molecular weight excluding hydrogens is 377 g/mol. The second kappa shape index (κ2) is 11.1. The molecule has 1 saturated heterocycles. The number of carbonyl (C=O) groups is 1. The molecule has 0 bridgehead atoms. The van der Waals surface area contributed by atoms with Crippen LogP contribution in [0, 0.1) is 0 Å². The van der Waals surface area contributed by atoms with Gasteiger partial charge < -0.3 is 14.7 Å². The molecule has 0 saturated carbocycles. The number of hydrogen-bond acceptors (Lipinski definition) is 6. The summed E-state index contributed by atoms with van der Waals surface area (Å²) in [5.41, 5.74) is 0.713. The van der Waals surface area contributed by atoms with Crippen LogP contribution in [0.5, 0.6) is 0 Å². The Labute approximate surface area is 165 Å². The van der Waals surface area contributed by atoms with Gasteiger partial charge in [0.25, 0.3) is 0 Å². The highest BCUT2D eigenvalue weighted by Crippen LogP contribution is 2.28. The zero-order valence-electron chi connectivity index (χ0n) is 14.8. The molecule has 1 fully saturated rings. The number of rotatable bonds is 6. The van der Waals surface area contributed by atoms with Gasteiger partial charge in [0.05, 0.1) is 0 Å². The summed E-state index contributed by atoms with van der Waals surface area (Å²) in [7, 11) is 1.90. The van der Waals surface area contributed by atoms with E-state index in [-0.39, 0.29) is 36.6 Å². The maximum absolute atomic E-state index is 12.1. The third-order valence-electron chi connectivity index (χ3n) is 4.35. The zero-order chi connectivity index (χ0) is 16.8. The Kier molecular flexibility index (Phi) is 9.54. The van der Waals surface area contributed by atoms with Gasteiger partial charge in [-0.3, -0.25) is 9.78 Å². The molecule has 0 unspecified atom stereocenters. The Bertz CT molecular complexity index is 660. The quantitative estimate of drug-likeness (QED) is 0.748. The van der Waals surface area contributed by atoms with Crippen molar-refractivity contribution < 1.29 is 9.32 Å². The fourth-order valence-electron chi connectivity index (χ4n) is 2.95. The number of pyridine rings is 1. The number of aromatic nitrogens is 3. The molecule has 144 valence electrons. The summed E-state index contributed by atoms with van der Waals surface area (Å²) >= 11 is 0. The van der Waals surface area contributed by atoms with Crippen LogP contribution in [0.15, 0.2) is 28.9 Å². The average molecular weight is 402 g/mol. The van der Waals surface area contributed by atoms with Crippen molar-refractivity contribution in [3.05, 3.63) is 30.3 Å². The molecule has 0 radical (unpaired) electrons. The van der Waals surface area contributed by atoms with E-state index in [1.165, 1.54) is 0 Å². The molecule has 2 aromatic rings. The lowest BCUT2D eigenvalue weighted by Gasteiger charge is -2.30. The number of nitrogens with one attached hydrogen (secondary N) is 1. The van der Waals surface area contributed by atoms with Gasteiger partial charge in [-0.15, -0.1) is 24.8 Å². The van der Waals surface area contributed by atoms with E-state index in [1.54, 1.807) is 6.20 Å². The Balaban J connectivity index is 0.00000169. The highest BCUT2D eigenvalue weighted by molar-refractivity contribution is 5.85. The van der Waals surface area contributed by atoms with Crippen LogP contribution in [0.3, 0.4) is 0 Å². The molecule has 0 atom stereocenters. The van der Waals surface area contributed by atoms with E-state index in [4.69, 9.17) is 4.52 Å². The molecule has 0 aromatic carbocycles. The standard InChI is InChI=1S/C17H23N5O2.2ClH/c1-18-9-4-6-15(23)22-11-7-13(8-12-22)17-20-16(21-24-17)14-5-2-3-10-19-14;;/h2-3,5,10,13,18H,4,6-9,11-12H2,1H3;2*1H. The summed E-state index contributed by atoms with van der Waals surface area (Å²) in [6.07, 6.45) is 4.93. The molecule has 9 heteroatoms. The third-order valence-corrected chi connectivity index (χ3v) is 4.35. The number of likely N-dealkylation sites (tertiary alicyclic amines) is 1. The summed E-state index contributed by atoms with van der Waals surface area (Å²) in [6.45, 7) is 2.38. The molecule has 0 spiro atoms. The van der Waals surface area contributed by atoms with E-state index in [9.17, 15) is 4.79 Å². The van der Waals surface area contributed by atoms with E-state index in [0.29, 0.717) is 23.8 Å². The van der Waals surface area contributed by atoms with Crippen molar-refractivity contribution in [1.29, 1.82) is 0 Å². The highest BCUT2D eigenvalue weighted by Gasteiger charge is 2.27. The van der Waals surface area contributed by atoms with Crippen LogP contribution in [0.2, 0.25) is 0 Å². The second-order valence-electron chi connectivity index (χ2n) is 6.03. The summed E-state index contributed by atoms with van der Waals surface area (Å²) < 4.78 is 5.42. The molecule has 1 aliphatic rings. The van der Waals surface area contributed by atoms with Crippen molar-refractivity contribution in [2.75, 3.05) is 26.7 Å². The maximum Gasteiger partial charge on any atom is 0.230 e. The Morgan fingerprint density at radius 2 is 2.08 bits per heavy atom. The van der Waals surface area contributed by atoms with Crippen molar-refractivity contribution in [3.63, 3.8) is 0 Å². The number of hydrogen-bond donors (Lipinski definition) is 1. The highest BCUT2D eigenvalue weighted by atomic mass is 35.5. The van der Waals surface area contributed by atoms with Gasteiger partial charge in [0.2, 0.25) is 17.6 Å². The van der Waals surface area contributed by atoms with Crippen molar-refractivity contribution in [2.45, 2.75) is 31.6 Å². The lowest BCUT2D eigenvalue weighted by Crippen LogP contribution is -2.38. The third kappa shape index (κ3) is 5.65. The Hall–Kier alpha value is -1.70. The van der Waals surface area contributed by atoms with Gasteiger partial charge in [0, 0.05) is 31.6 Å². The minimum Gasteiger partial charge on any atom is -0.343 e. The zero-order valence-corrected chi connectivity index (χ0v) is 16.4. The van der Waals surface area contributed by atoms with E-state index in [2.05, 4.69) is 20.4 Å². The van der Waals surface area contributed by atoms with E-state index in [1.807, 2.05) is 30.1 Å². The van der Waals surface area contributed by atoms with E-state index in [0.717, 1.165) is 38.9 Å². The molecule has 3 heterocycles.